The second-order valence-corrected chi connectivity index (χ2v) is 6.22. The van der Waals surface area contributed by atoms with Crippen LogP contribution in [0.5, 0.6) is 0 Å². The zero-order valence-corrected chi connectivity index (χ0v) is 11.4. The van der Waals surface area contributed by atoms with Crippen molar-refractivity contribution in [3.8, 4) is 0 Å². The highest BCUT2D eigenvalue weighted by atomic mass is 32.2. The van der Waals surface area contributed by atoms with Gasteiger partial charge in [-0.2, -0.15) is 4.39 Å². The summed E-state index contributed by atoms with van der Waals surface area (Å²) in [7, 11) is -3.83. The highest BCUT2D eigenvalue weighted by Crippen LogP contribution is 2.20. The molecule has 0 aliphatic carbocycles. The first-order valence-corrected chi connectivity index (χ1v) is 7.16. The van der Waals surface area contributed by atoms with E-state index in [0.717, 1.165) is 12.1 Å². The minimum atomic E-state index is -3.83. The van der Waals surface area contributed by atoms with Gasteiger partial charge in [0, 0.05) is 18.7 Å². The summed E-state index contributed by atoms with van der Waals surface area (Å²) in [4.78, 5) is 9.21. The van der Waals surface area contributed by atoms with Crippen LogP contribution < -0.4 is 4.72 Å². The van der Waals surface area contributed by atoms with Crippen LogP contribution in [0.15, 0.2) is 23.1 Å². The first-order valence-electron chi connectivity index (χ1n) is 5.67. The summed E-state index contributed by atoms with van der Waals surface area (Å²) in [6, 6.07) is 2.50. The highest BCUT2D eigenvalue weighted by Gasteiger charge is 2.20. The molecule has 0 spiro atoms. The molecule has 0 unspecified atom stereocenters. The molecule has 0 aliphatic heterocycles. The Balaban J connectivity index is 2.90. The Labute approximate surface area is 110 Å². The van der Waals surface area contributed by atoms with E-state index in [2.05, 4.69) is 4.72 Å². The zero-order valence-electron chi connectivity index (χ0n) is 10.6. The van der Waals surface area contributed by atoms with Gasteiger partial charge in [0.1, 0.15) is 0 Å². The van der Waals surface area contributed by atoms with Crippen molar-refractivity contribution in [1.82, 2.24) is 4.72 Å². The quantitative estimate of drug-likeness (QED) is 0.641. The zero-order chi connectivity index (χ0) is 14.6. The average molecular weight is 290 g/mol. The minimum Gasteiger partial charge on any atom is -0.258 e. The largest absolute Gasteiger partial charge is 0.304 e. The molecule has 1 aromatic rings. The van der Waals surface area contributed by atoms with E-state index in [1.165, 1.54) is 0 Å². The van der Waals surface area contributed by atoms with Crippen LogP contribution in [-0.4, -0.2) is 19.9 Å². The van der Waals surface area contributed by atoms with Crippen molar-refractivity contribution in [2.45, 2.75) is 25.2 Å². The molecule has 1 N–H and O–H groups in total. The van der Waals surface area contributed by atoms with E-state index in [4.69, 9.17) is 0 Å². The highest BCUT2D eigenvalue weighted by molar-refractivity contribution is 7.89. The molecular weight excluding hydrogens is 275 g/mol. The molecule has 1 aromatic carbocycles. The summed E-state index contributed by atoms with van der Waals surface area (Å²) in [5.41, 5.74) is -0.749. The van der Waals surface area contributed by atoms with Gasteiger partial charge in [0.25, 0.3) is 0 Å². The third-order valence-corrected chi connectivity index (χ3v) is 3.90. The van der Waals surface area contributed by atoms with Crippen molar-refractivity contribution >= 4 is 15.7 Å². The summed E-state index contributed by atoms with van der Waals surface area (Å²) < 4.78 is 39.3. The van der Waals surface area contributed by atoms with Crippen LogP contribution in [0, 0.1) is 21.8 Å². The molecule has 0 fully saturated rings. The first-order chi connectivity index (χ1) is 8.74. The molecule has 8 heteroatoms. The number of halogens is 1. The Morgan fingerprint density at radius 1 is 1.42 bits per heavy atom. The van der Waals surface area contributed by atoms with Gasteiger partial charge in [0.15, 0.2) is 0 Å². The van der Waals surface area contributed by atoms with E-state index >= 15 is 0 Å². The molecule has 0 atom stereocenters. The van der Waals surface area contributed by atoms with Crippen LogP contribution >= 0.6 is 0 Å². The van der Waals surface area contributed by atoms with Crippen LogP contribution in [0.25, 0.3) is 0 Å². The topological polar surface area (TPSA) is 89.3 Å². The van der Waals surface area contributed by atoms with Gasteiger partial charge in [0.05, 0.1) is 9.82 Å². The number of sulfonamides is 1. The van der Waals surface area contributed by atoms with Crippen LogP contribution in [-0.2, 0) is 10.0 Å². The van der Waals surface area contributed by atoms with Gasteiger partial charge in [-0.15, -0.1) is 0 Å². The predicted octanol–water partition coefficient (Wildman–Crippen LogP) is 2.06. The fraction of sp³-hybridized carbons (Fsp3) is 0.455. The molecule has 0 radical (unpaired) electrons. The lowest BCUT2D eigenvalue weighted by Crippen LogP contribution is -2.25. The van der Waals surface area contributed by atoms with Gasteiger partial charge >= 0.3 is 5.69 Å². The van der Waals surface area contributed by atoms with Crippen molar-refractivity contribution in [3.05, 3.63) is 34.1 Å². The number of nitrogens with one attached hydrogen (secondary N) is 1. The summed E-state index contributed by atoms with van der Waals surface area (Å²) in [5.74, 6) is -0.840. The first kappa shape index (κ1) is 15.5. The molecule has 0 amide bonds. The van der Waals surface area contributed by atoms with E-state index in [1.807, 2.05) is 13.8 Å². The molecule has 0 saturated heterocycles. The lowest BCUT2D eigenvalue weighted by molar-refractivity contribution is -0.387. The molecule has 1 rings (SSSR count). The Morgan fingerprint density at radius 2 is 2.05 bits per heavy atom. The Morgan fingerprint density at radius 3 is 2.53 bits per heavy atom. The van der Waals surface area contributed by atoms with Crippen LogP contribution in [0.2, 0.25) is 0 Å². The van der Waals surface area contributed by atoms with Crippen molar-refractivity contribution in [1.29, 1.82) is 0 Å². The number of nitrogens with zero attached hydrogens (tertiary/aromatic N) is 1. The van der Waals surface area contributed by atoms with Gasteiger partial charge in [-0.3, -0.25) is 10.1 Å². The summed E-state index contributed by atoms with van der Waals surface area (Å²) in [6.07, 6.45) is 0.648. The third-order valence-electron chi connectivity index (χ3n) is 2.44. The summed E-state index contributed by atoms with van der Waals surface area (Å²) in [5, 5.41) is 10.4. The van der Waals surface area contributed by atoms with Crippen molar-refractivity contribution in [2.24, 2.45) is 5.92 Å². The Hall–Kier alpha value is -1.54. The van der Waals surface area contributed by atoms with Crippen molar-refractivity contribution < 1.29 is 17.7 Å². The van der Waals surface area contributed by atoms with E-state index in [1.54, 1.807) is 0 Å². The average Bonchev–Trinajstić information content (AvgIpc) is 2.27. The van der Waals surface area contributed by atoms with Crippen molar-refractivity contribution in [3.63, 3.8) is 0 Å². The Bertz CT molecular complexity index is 572. The van der Waals surface area contributed by atoms with Crippen LogP contribution in [0.4, 0.5) is 10.1 Å². The maximum atomic E-state index is 13.3. The van der Waals surface area contributed by atoms with Gasteiger partial charge in [-0.1, -0.05) is 13.8 Å². The smallest absolute Gasteiger partial charge is 0.258 e. The third kappa shape index (κ3) is 4.25. The molecule has 19 heavy (non-hydrogen) atoms. The van der Waals surface area contributed by atoms with Gasteiger partial charge in [-0.25, -0.2) is 13.1 Å². The molecule has 0 aliphatic rings. The van der Waals surface area contributed by atoms with E-state index in [0.29, 0.717) is 18.4 Å². The van der Waals surface area contributed by atoms with E-state index in [-0.39, 0.29) is 11.4 Å². The van der Waals surface area contributed by atoms with Crippen LogP contribution in [0.3, 0.4) is 0 Å². The van der Waals surface area contributed by atoms with Gasteiger partial charge < -0.3 is 0 Å². The maximum absolute atomic E-state index is 13.3. The minimum absolute atomic E-state index is 0.235. The number of hydrogen-bond acceptors (Lipinski definition) is 4. The molecule has 0 bridgehead atoms. The molecule has 0 heterocycles. The fourth-order valence-corrected chi connectivity index (χ4v) is 2.43. The summed E-state index contributed by atoms with van der Waals surface area (Å²) >= 11 is 0. The molecule has 0 aromatic heterocycles. The molecule has 106 valence electrons. The maximum Gasteiger partial charge on any atom is 0.304 e. The molecular formula is C11H15FN2O4S. The number of benzene rings is 1. The number of nitro groups is 1. The second-order valence-electron chi connectivity index (χ2n) is 4.45. The normalized spacial score (nSPS) is 11.8. The predicted molar refractivity (Wildman–Crippen MR) is 67.7 cm³/mol. The lowest BCUT2D eigenvalue weighted by Gasteiger charge is -2.08. The Kier molecular flexibility index (Phi) is 4.96. The van der Waals surface area contributed by atoms with Gasteiger partial charge in [0.2, 0.25) is 15.8 Å². The van der Waals surface area contributed by atoms with Crippen molar-refractivity contribution in [2.75, 3.05) is 6.54 Å². The second kappa shape index (κ2) is 6.07. The number of rotatable bonds is 6. The number of hydrogen-bond donors (Lipinski definition) is 1. The standard InChI is InChI=1S/C11H15FN2O4S/c1-8(2)5-6-13-19(17,18)9-3-4-11(14(15)16)10(12)7-9/h3-4,7-8,13H,5-6H2,1-2H3. The fourth-order valence-electron chi connectivity index (χ4n) is 1.37. The molecule has 0 saturated carbocycles. The van der Waals surface area contributed by atoms with Crippen LogP contribution in [0.1, 0.15) is 20.3 Å². The van der Waals surface area contributed by atoms with E-state index in [9.17, 15) is 22.9 Å². The SMILES string of the molecule is CC(C)CCNS(=O)(=O)c1ccc([N+](=O)[O-])c(F)c1. The van der Waals surface area contributed by atoms with E-state index < -0.39 is 26.5 Å². The van der Waals surface area contributed by atoms with Gasteiger partial charge in [-0.05, 0) is 18.4 Å². The number of nitro benzene ring substituents is 1. The monoisotopic (exact) mass is 290 g/mol. The lowest BCUT2D eigenvalue weighted by atomic mass is 10.1. The molecule has 6 nitrogen and oxygen atoms in total. The summed E-state index contributed by atoms with van der Waals surface area (Å²) in [6.45, 7) is 4.12.